The Morgan fingerprint density at radius 2 is 2.05 bits per heavy atom. The molecule has 0 aromatic heterocycles. The zero-order valence-corrected chi connectivity index (χ0v) is 11.2. The molecule has 5 heteroatoms. The minimum absolute atomic E-state index is 0.158. The maximum absolute atomic E-state index is 12.3. The molecule has 0 bridgehead atoms. The van der Waals surface area contributed by atoms with Crippen molar-refractivity contribution in [3.05, 3.63) is 29.8 Å². The fourth-order valence-electron chi connectivity index (χ4n) is 2.89. The number of nitrogens with one attached hydrogen (secondary N) is 2. The van der Waals surface area contributed by atoms with E-state index in [0.29, 0.717) is 25.8 Å². The molecule has 1 amide bonds. The van der Waals surface area contributed by atoms with E-state index in [9.17, 15) is 14.7 Å². The number of fused-ring (bicyclic) bond motifs is 1. The summed E-state index contributed by atoms with van der Waals surface area (Å²) in [6, 6.07) is 7.90. The Hall–Kier alpha value is -2.04. The van der Waals surface area contributed by atoms with Crippen LogP contribution in [0.5, 0.6) is 0 Å². The molecule has 1 aromatic rings. The maximum atomic E-state index is 12.3. The molecular formula is C15H18N2O3. The number of benzene rings is 1. The summed E-state index contributed by atoms with van der Waals surface area (Å²) in [7, 11) is 0. The van der Waals surface area contributed by atoms with Gasteiger partial charge in [0, 0.05) is 12.2 Å². The Labute approximate surface area is 117 Å². The Morgan fingerprint density at radius 3 is 2.70 bits per heavy atom. The molecular weight excluding hydrogens is 256 g/mol. The van der Waals surface area contributed by atoms with Crippen LogP contribution >= 0.6 is 0 Å². The maximum Gasteiger partial charge on any atom is 0.329 e. The number of carboxylic acids is 1. The number of para-hydroxylation sites is 1. The van der Waals surface area contributed by atoms with Gasteiger partial charge in [0.25, 0.3) is 0 Å². The van der Waals surface area contributed by atoms with E-state index in [1.165, 1.54) is 0 Å². The van der Waals surface area contributed by atoms with Crippen molar-refractivity contribution < 1.29 is 14.7 Å². The van der Waals surface area contributed by atoms with Crippen molar-refractivity contribution >= 4 is 17.6 Å². The summed E-state index contributed by atoms with van der Waals surface area (Å²) in [6.07, 6.45) is 2.58. The van der Waals surface area contributed by atoms with E-state index in [1.807, 2.05) is 24.3 Å². The van der Waals surface area contributed by atoms with Crippen molar-refractivity contribution in [3.8, 4) is 0 Å². The van der Waals surface area contributed by atoms with Crippen LogP contribution in [-0.2, 0) is 16.0 Å². The molecule has 1 unspecified atom stereocenters. The average molecular weight is 274 g/mol. The second-order valence-corrected chi connectivity index (χ2v) is 5.67. The van der Waals surface area contributed by atoms with E-state index in [-0.39, 0.29) is 11.8 Å². The lowest BCUT2D eigenvalue weighted by Gasteiger charge is -2.39. The van der Waals surface area contributed by atoms with Crippen LogP contribution in [0.4, 0.5) is 5.69 Å². The highest BCUT2D eigenvalue weighted by molar-refractivity contribution is 5.89. The Kier molecular flexibility index (Phi) is 3.12. The largest absolute Gasteiger partial charge is 0.480 e. The predicted molar refractivity (Wildman–Crippen MR) is 74.5 cm³/mol. The Balaban J connectivity index is 1.69. The first-order chi connectivity index (χ1) is 9.61. The minimum Gasteiger partial charge on any atom is -0.480 e. The lowest BCUT2D eigenvalue weighted by molar-refractivity contribution is -0.152. The third-order valence-electron chi connectivity index (χ3n) is 4.37. The highest BCUT2D eigenvalue weighted by Gasteiger charge is 2.46. The van der Waals surface area contributed by atoms with Crippen molar-refractivity contribution in [1.82, 2.24) is 5.32 Å². The smallest absolute Gasteiger partial charge is 0.329 e. The van der Waals surface area contributed by atoms with Gasteiger partial charge in [-0.25, -0.2) is 4.79 Å². The molecule has 1 fully saturated rings. The first-order valence-corrected chi connectivity index (χ1v) is 6.98. The molecule has 1 aliphatic heterocycles. The van der Waals surface area contributed by atoms with Gasteiger partial charge < -0.3 is 15.7 Å². The Morgan fingerprint density at radius 1 is 1.30 bits per heavy atom. The van der Waals surface area contributed by atoms with E-state index in [2.05, 4.69) is 10.6 Å². The summed E-state index contributed by atoms with van der Waals surface area (Å²) in [4.78, 5) is 23.6. The summed E-state index contributed by atoms with van der Waals surface area (Å²) in [5.74, 6) is -1.28. The summed E-state index contributed by atoms with van der Waals surface area (Å²) in [6.45, 7) is 0.554. The van der Waals surface area contributed by atoms with E-state index < -0.39 is 11.5 Å². The molecule has 3 N–H and O–H groups in total. The molecule has 20 heavy (non-hydrogen) atoms. The average Bonchev–Trinajstić information content (AvgIpc) is 2.41. The Bertz CT molecular complexity index is 552. The van der Waals surface area contributed by atoms with Crippen LogP contribution < -0.4 is 10.6 Å². The van der Waals surface area contributed by atoms with Gasteiger partial charge in [0.15, 0.2) is 0 Å². The number of anilines is 1. The number of hydrogen-bond donors (Lipinski definition) is 3. The van der Waals surface area contributed by atoms with Gasteiger partial charge in [0.2, 0.25) is 5.91 Å². The van der Waals surface area contributed by atoms with Gasteiger partial charge in [-0.3, -0.25) is 4.79 Å². The van der Waals surface area contributed by atoms with Crippen molar-refractivity contribution in [2.45, 2.75) is 31.2 Å². The molecule has 1 saturated carbocycles. The van der Waals surface area contributed by atoms with Gasteiger partial charge in [0.05, 0.1) is 5.92 Å². The molecule has 0 radical (unpaired) electrons. The van der Waals surface area contributed by atoms with E-state index in [4.69, 9.17) is 0 Å². The van der Waals surface area contributed by atoms with E-state index in [1.54, 1.807) is 0 Å². The molecule has 1 heterocycles. The molecule has 106 valence electrons. The number of carboxylic acid groups (broad SMARTS) is 1. The van der Waals surface area contributed by atoms with Crippen LogP contribution in [0, 0.1) is 5.92 Å². The lowest BCUT2D eigenvalue weighted by atomic mass is 9.76. The van der Waals surface area contributed by atoms with Crippen molar-refractivity contribution in [2.24, 2.45) is 5.92 Å². The minimum atomic E-state index is -1.02. The predicted octanol–water partition coefficient (Wildman–Crippen LogP) is 1.39. The highest BCUT2D eigenvalue weighted by Crippen LogP contribution is 2.33. The summed E-state index contributed by atoms with van der Waals surface area (Å²) < 4.78 is 0. The molecule has 2 aliphatic rings. The fraction of sp³-hybridized carbons (Fsp3) is 0.467. The molecule has 0 spiro atoms. The molecule has 1 atom stereocenters. The first-order valence-electron chi connectivity index (χ1n) is 6.98. The van der Waals surface area contributed by atoms with Gasteiger partial charge in [-0.15, -0.1) is 0 Å². The number of hydrogen-bond acceptors (Lipinski definition) is 3. The van der Waals surface area contributed by atoms with E-state index >= 15 is 0 Å². The van der Waals surface area contributed by atoms with Crippen LogP contribution in [0.25, 0.3) is 0 Å². The number of carbonyl (C=O) groups excluding carboxylic acids is 1. The number of rotatable bonds is 3. The first kappa shape index (κ1) is 13.0. The number of amides is 1. The van der Waals surface area contributed by atoms with Crippen LogP contribution in [-0.4, -0.2) is 29.1 Å². The second-order valence-electron chi connectivity index (χ2n) is 5.67. The normalized spacial score (nSPS) is 22.9. The van der Waals surface area contributed by atoms with Gasteiger partial charge >= 0.3 is 5.97 Å². The van der Waals surface area contributed by atoms with Crippen LogP contribution in [0.3, 0.4) is 0 Å². The van der Waals surface area contributed by atoms with Gasteiger partial charge in [-0.05, 0) is 37.3 Å². The molecule has 0 saturated heterocycles. The van der Waals surface area contributed by atoms with Crippen molar-refractivity contribution in [3.63, 3.8) is 0 Å². The van der Waals surface area contributed by atoms with Crippen molar-refractivity contribution in [1.29, 1.82) is 0 Å². The third kappa shape index (κ3) is 2.13. The zero-order chi connectivity index (χ0) is 14.2. The van der Waals surface area contributed by atoms with Crippen LogP contribution in [0.15, 0.2) is 24.3 Å². The lowest BCUT2D eigenvalue weighted by Crippen LogP contribution is -2.60. The summed E-state index contributed by atoms with van der Waals surface area (Å²) in [5, 5.41) is 15.2. The van der Waals surface area contributed by atoms with Crippen molar-refractivity contribution in [2.75, 3.05) is 11.9 Å². The van der Waals surface area contributed by atoms with Crippen LogP contribution in [0.2, 0.25) is 0 Å². The standard InChI is InChI=1S/C15H18N2O3/c18-13(17-15(14(19)20)6-3-7-15)11-8-10-4-1-2-5-12(10)16-9-11/h1-2,4-5,11,16H,3,6-9H2,(H,17,18)(H,19,20). The van der Waals surface area contributed by atoms with Gasteiger partial charge in [-0.1, -0.05) is 18.2 Å². The molecule has 5 nitrogen and oxygen atoms in total. The number of aliphatic carboxylic acids is 1. The molecule has 1 aliphatic carbocycles. The molecule has 1 aromatic carbocycles. The molecule has 3 rings (SSSR count). The SMILES string of the molecule is O=C(NC1(C(=O)O)CCC1)C1CNc2ccccc2C1. The van der Waals surface area contributed by atoms with Gasteiger partial charge in [-0.2, -0.15) is 0 Å². The topological polar surface area (TPSA) is 78.4 Å². The van der Waals surface area contributed by atoms with Crippen LogP contribution in [0.1, 0.15) is 24.8 Å². The summed E-state index contributed by atoms with van der Waals surface area (Å²) >= 11 is 0. The monoisotopic (exact) mass is 274 g/mol. The quantitative estimate of drug-likeness (QED) is 0.778. The third-order valence-corrected chi connectivity index (χ3v) is 4.37. The zero-order valence-electron chi connectivity index (χ0n) is 11.2. The number of carbonyl (C=O) groups is 2. The second kappa shape index (κ2) is 4.81. The summed E-state index contributed by atoms with van der Waals surface area (Å²) in [5.41, 5.74) is 1.15. The highest BCUT2D eigenvalue weighted by atomic mass is 16.4. The van der Waals surface area contributed by atoms with E-state index in [0.717, 1.165) is 17.7 Å². The fourth-order valence-corrected chi connectivity index (χ4v) is 2.89. The van der Waals surface area contributed by atoms with Gasteiger partial charge in [0.1, 0.15) is 5.54 Å².